The molecule has 0 bridgehead atoms. The Morgan fingerprint density at radius 3 is 2.34 bits per heavy atom. The highest BCUT2D eigenvalue weighted by Crippen LogP contribution is 2.52. The predicted octanol–water partition coefficient (Wildman–Crippen LogP) is 4.65. The molecule has 35 heavy (non-hydrogen) atoms. The molecule has 178 valence electrons. The fourth-order valence-corrected chi connectivity index (χ4v) is 5.74. The number of carboxylic acids is 1. The second-order valence-electron chi connectivity index (χ2n) is 8.69. The van der Waals surface area contributed by atoms with Gasteiger partial charge in [-0.3, -0.25) is 19.7 Å². The van der Waals surface area contributed by atoms with Crippen LogP contribution in [0.5, 0.6) is 0 Å². The van der Waals surface area contributed by atoms with E-state index in [2.05, 4.69) is 5.32 Å². The minimum absolute atomic E-state index is 0.0681. The molecule has 0 spiro atoms. The first kappa shape index (κ1) is 23.5. The number of nitrogens with one attached hydrogen (secondary N) is 1. The molecule has 9 heteroatoms. The molecule has 3 aromatic carbocycles. The van der Waals surface area contributed by atoms with E-state index >= 15 is 0 Å². The quantitative estimate of drug-likeness (QED) is 0.486. The molecule has 2 amide bonds. The average Bonchev–Trinajstić information content (AvgIpc) is 3.29. The number of benzene rings is 3. The van der Waals surface area contributed by atoms with Crippen molar-refractivity contribution in [3.05, 3.63) is 99.8 Å². The molecule has 0 aromatic heterocycles. The Kier molecular flexibility index (Phi) is 5.87. The highest BCUT2D eigenvalue weighted by atomic mass is 35.5. The summed E-state index contributed by atoms with van der Waals surface area (Å²) in [5.74, 6) is -5.74. The number of fused-ring (bicyclic) bond motifs is 1. The second kappa shape index (κ2) is 8.75. The van der Waals surface area contributed by atoms with Crippen LogP contribution in [0.3, 0.4) is 0 Å². The maximum atomic E-state index is 14.9. The number of imide groups is 1. The summed E-state index contributed by atoms with van der Waals surface area (Å²) in [4.78, 5) is 41.3. The second-order valence-corrected chi connectivity index (χ2v) is 9.54. The fourth-order valence-electron chi connectivity index (χ4n) is 5.25. The summed E-state index contributed by atoms with van der Waals surface area (Å²) in [6, 6.07) is 17.9. The topological polar surface area (TPSA) is 86.7 Å². The van der Waals surface area contributed by atoms with Gasteiger partial charge in [-0.2, -0.15) is 0 Å². The molecular formula is C26H19Cl2FN2O4. The van der Waals surface area contributed by atoms with Gasteiger partial charge < -0.3 is 5.11 Å². The summed E-state index contributed by atoms with van der Waals surface area (Å²) in [7, 11) is 0. The lowest BCUT2D eigenvalue weighted by Crippen LogP contribution is -2.57. The lowest BCUT2D eigenvalue weighted by molar-refractivity contribution is -0.148. The van der Waals surface area contributed by atoms with E-state index in [9.17, 15) is 23.9 Å². The highest BCUT2D eigenvalue weighted by Gasteiger charge is 2.69. The molecule has 4 atom stereocenters. The number of carbonyl (C=O) groups is 3. The summed E-state index contributed by atoms with van der Waals surface area (Å²) < 4.78 is 14.9. The molecular weight excluding hydrogens is 494 g/mol. The van der Waals surface area contributed by atoms with Crippen molar-refractivity contribution in [1.82, 2.24) is 5.32 Å². The van der Waals surface area contributed by atoms with Crippen molar-refractivity contribution in [3.63, 3.8) is 0 Å². The van der Waals surface area contributed by atoms with Gasteiger partial charge in [0.1, 0.15) is 11.4 Å². The monoisotopic (exact) mass is 512 g/mol. The van der Waals surface area contributed by atoms with E-state index in [1.807, 2.05) is 0 Å². The number of carboxylic acid groups (broad SMARTS) is 1. The number of halogens is 3. The van der Waals surface area contributed by atoms with E-state index in [-0.39, 0.29) is 22.7 Å². The molecule has 0 aliphatic carbocycles. The maximum Gasteiger partial charge on any atom is 0.325 e. The first-order valence-electron chi connectivity index (χ1n) is 10.9. The van der Waals surface area contributed by atoms with Crippen LogP contribution in [0.1, 0.15) is 17.2 Å². The molecule has 0 saturated carbocycles. The summed E-state index contributed by atoms with van der Waals surface area (Å²) in [5.41, 5.74) is -0.992. The maximum absolute atomic E-state index is 14.9. The molecule has 2 aliphatic heterocycles. The summed E-state index contributed by atoms with van der Waals surface area (Å²) in [5, 5.41) is 13.9. The van der Waals surface area contributed by atoms with Crippen LogP contribution in [0.4, 0.5) is 10.1 Å². The molecule has 6 nitrogen and oxygen atoms in total. The van der Waals surface area contributed by atoms with Gasteiger partial charge in [0.15, 0.2) is 0 Å². The Morgan fingerprint density at radius 1 is 1.00 bits per heavy atom. The van der Waals surface area contributed by atoms with Crippen LogP contribution in [-0.2, 0) is 20.8 Å². The Balaban J connectivity index is 1.69. The van der Waals surface area contributed by atoms with Crippen molar-refractivity contribution in [2.24, 2.45) is 11.8 Å². The first-order chi connectivity index (χ1) is 16.7. The SMILES string of the molecule is O=C1[C@@H]2[C@H](c3ccccc3F)N[C@@](Cc3ccccc3)(C(=O)O)[C@H]2C(=O)N1c1ccc(Cl)cc1Cl. The van der Waals surface area contributed by atoms with Crippen LogP contribution >= 0.6 is 23.2 Å². The van der Waals surface area contributed by atoms with Crippen LogP contribution in [0, 0.1) is 17.7 Å². The standard InChI is InChI=1S/C26H19Cl2FN2O4/c27-15-10-11-19(17(28)12-15)31-23(32)20-21(24(31)33)26(25(34)35,13-14-6-2-1-3-7-14)30-22(20)16-8-4-5-9-18(16)29/h1-12,20-22,30H,13H2,(H,34,35)/t20-,21+,22-,26+/m0/s1. The minimum Gasteiger partial charge on any atom is -0.480 e. The van der Waals surface area contributed by atoms with Gasteiger partial charge in [-0.05, 0) is 29.8 Å². The molecule has 2 N–H and O–H groups in total. The van der Waals surface area contributed by atoms with Crippen LogP contribution < -0.4 is 10.2 Å². The van der Waals surface area contributed by atoms with Gasteiger partial charge in [0, 0.05) is 23.0 Å². The zero-order valence-electron chi connectivity index (χ0n) is 18.1. The first-order valence-corrected chi connectivity index (χ1v) is 11.6. The number of aliphatic carboxylic acids is 1. The van der Waals surface area contributed by atoms with Crippen LogP contribution in [0.2, 0.25) is 10.0 Å². The van der Waals surface area contributed by atoms with Crippen molar-refractivity contribution in [3.8, 4) is 0 Å². The largest absolute Gasteiger partial charge is 0.480 e. The molecule has 2 saturated heterocycles. The lowest BCUT2D eigenvalue weighted by Gasteiger charge is -2.31. The molecule has 5 rings (SSSR count). The third kappa shape index (κ3) is 3.71. The number of carbonyl (C=O) groups excluding carboxylic acids is 2. The van der Waals surface area contributed by atoms with Gasteiger partial charge >= 0.3 is 5.97 Å². The lowest BCUT2D eigenvalue weighted by atomic mass is 9.76. The number of hydrogen-bond donors (Lipinski definition) is 2. The molecule has 2 heterocycles. The highest BCUT2D eigenvalue weighted by molar-refractivity contribution is 6.38. The van der Waals surface area contributed by atoms with Crippen molar-refractivity contribution in [2.45, 2.75) is 18.0 Å². The minimum atomic E-state index is -1.86. The molecule has 2 aliphatic rings. The Morgan fingerprint density at radius 2 is 1.69 bits per heavy atom. The number of nitrogens with zero attached hydrogens (tertiary/aromatic N) is 1. The molecule has 3 aromatic rings. The van der Waals surface area contributed by atoms with E-state index < -0.39 is 47.0 Å². The van der Waals surface area contributed by atoms with E-state index in [4.69, 9.17) is 23.2 Å². The Hall–Kier alpha value is -3.26. The van der Waals surface area contributed by atoms with E-state index in [1.54, 1.807) is 36.4 Å². The number of rotatable bonds is 5. The molecule has 2 fully saturated rings. The number of anilines is 1. The van der Waals surface area contributed by atoms with Gasteiger partial charge in [-0.15, -0.1) is 0 Å². The van der Waals surface area contributed by atoms with Crippen LogP contribution in [0.25, 0.3) is 0 Å². The van der Waals surface area contributed by atoms with Gasteiger partial charge in [0.2, 0.25) is 11.8 Å². The van der Waals surface area contributed by atoms with Gasteiger partial charge in [-0.1, -0.05) is 71.7 Å². The number of hydrogen-bond acceptors (Lipinski definition) is 4. The van der Waals surface area contributed by atoms with E-state index in [1.165, 1.54) is 36.4 Å². The summed E-state index contributed by atoms with van der Waals surface area (Å²) >= 11 is 12.3. The van der Waals surface area contributed by atoms with Crippen molar-refractivity contribution < 1.29 is 23.9 Å². The van der Waals surface area contributed by atoms with Gasteiger partial charge in [-0.25, -0.2) is 9.29 Å². The zero-order chi connectivity index (χ0) is 24.9. The summed E-state index contributed by atoms with van der Waals surface area (Å²) in [6.07, 6.45) is -0.0868. The van der Waals surface area contributed by atoms with E-state index in [0.717, 1.165) is 4.90 Å². The average molecular weight is 513 g/mol. The molecule has 0 radical (unpaired) electrons. The Labute approximate surface area is 210 Å². The van der Waals surface area contributed by atoms with Crippen LogP contribution in [0.15, 0.2) is 72.8 Å². The van der Waals surface area contributed by atoms with Crippen molar-refractivity contribution in [2.75, 3.05) is 4.90 Å². The van der Waals surface area contributed by atoms with Crippen molar-refractivity contribution in [1.29, 1.82) is 0 Å². The summed E-state index contributed by atoms with van der Waals surface area (Å²) in [6.45, 7) is 0. The van der Waals surface area contributed by atoms with E-state index in [0.29, 0.717) is 10.6 Å². The van der Waals surface area contributed by atoms with Gasteiger partial charge in [0.25, 0.3) is 0 Å². The zero-order valence-corrected chi connectivity index (χ0v) is 19.6. The van der Waals surface area contributed by atoms with Crippen LogP contribution in [-0.4, -0.2) is 28.4 Å². The van der Waals surface area contributed by atoms with Gasteiger partial charge in [0.05, 0.1) is 22.5 Å². The number of amides is 2. The molecule has 0 unspecified atom stereocenters. The Bertz CT molecular complexity index is 1350. The third-order valence-corrected chi connectivity index (χ3v) is 7.29. The fraction of sp³-hybridized carbons (Fsp3) is 0.192. The normalized spacial score (nSPS) is 25.7. The van der Waals surface area contributed by atoms with Crippen molar-refractivity contribution >= 4 is 46.7 Å². The smallest absolute Gasteiger partial charge is 0.325 e. The predicted molar refractivity (Wildman–Crippen MR) is 129 cm³/mol. The third-order valence-electron chi connectivity index (χ3n) is 6.75.